The van der Waals surface area contributed by atoms with Crippen molar-refractivity contribution in [3.63, 3.8) is 0 Å². The Morgan fingerprint density at radius 1 is 1.38 bits per heavy atom. The monoisotopic (exact) mass is 207 g/mol. The molecule has 0 saturated carbocycles. The van der Waals surface area contributed by atoms with Crippen LogP contribution in [0.1, 0.15) is 13.8 Å². The highest BCUT2D eigenvalue weighted by atomic mass is 35.5. The Labute approximate surface area is 82.8 Å². The fourth-order valence-electron chi connectivity index (χ4n) is 1.11. The number of ether oxygens (including phenoxy) is 1. The van der Waals surface area contributed by atoms with Crippen LogP contribution in [0.15, 0.2) is 0 Å². The minimum atomic E-state index is -0.663. The second-order valence-corrected chi connectivity index (χ2v) is 3.40. The molecule has 0 aliphatic carbocycles. The van der Waals surface area contributed by atoms with Crippen molar-refractivity contribution in [1.82, 2.24) is 4.90 Å². The van der Waals surface area contributed by atoms with Crippen molar-refractivity contribution in [2.45, 2.75) is 19.9 Å². The molecule has 1 atom stereocenters. The number of amides is 1. The van der Waals surface area contributed by atoms with Gasteiger partial charge in [-0.1, -0.05) is 13.8 Å². The van der Waals surface area contributed by atoms with E-state index in [4.69, 9.17) is 11.6 Å². The third-order valence-electron chi connectivity index (χ3n) is 1.77. The van der Waals surface area contributed by atoms with Gasteiger partial charge in [0, 0.05) is 7.05 Å². The molecule has 0 radical (unpaired) electrons. The molecular weight excluding hydrogens is 194 g/mol. The van der Waals surface area contributed by atoms with Gasteiger partial charge in [0.05, 0.1) is 7.11 Å². The molecule has 76 valence electrons. The molecule has 0 N–H and O–H groups in total. The summed E-state index contributed by atoms with van der Waals surface area (Å²) in [5.41, 5.74) is 0. The zero-order valence-corrected chi connectivity index (χ0v) is 8.96. The SMILES string of the molecule is COC(=O)[C@H](C(C)C)N(C)C(=O)Cl. The van der Waals surface area contributed by atoms with E-state index in [9.17, 15) is 9.59 Å². The number of methoxy groups -OCH3 is 1. The Balaban J connectivity index is 4.60. The van der Waals surface area contributed by atoms with Gasteiger partial charge < -0.3 is 9.64 Å². The summed E-state index contributed by atoms with van der Waals surface area (Å²) in [6.45, 7) is 3.63. The molecule has 0 saturated heterocycles. The predicted molar refractivity (Wildman–Crippen MR) is 49.7 cm³/mol. The lowest BCUT2D eigenvalue weighted by atomic mass is 10.0. The highest BCUT2D eigenvalue weighted by Gasteiger charge is 2.29. The van der Waals surface area contributed by atoms with Crippen molar-refractivity contribution >= 4 is 22.9 Å². The third kappa shape index (κ3) is 3.22. The molecule has 0 aromatic heterocycles. The summed E-state index contributed by atoms with van der Waals surface area (Å²) in [6, 6.07) is -0.616. The van der Waals surface area contributed by atoms with Gasteiger partial charge in [-0.25, -0.2) is 4.79 Å². The standard InChI is InChI=1S/C8H14ClNO3/c1-5(2)6(7(11)13-4)10(3)8(9)12/h5-6H,1-4H3/t6-/m0/s1. The minimum Gasteiger partial charge on any atom is -0.467 e. The predicted octanol–water partition coefficient (Wildman–Crippen LogP) is 1.47. The Bertz CT molecular complexity index is 206. The fourth-order valence-corrected chi connectivity index (χ4v) is 1.21. The van der Waals surface area contributed by atoms with E-state index in [0.29, 0.717) is 0 Å². The Kier molecular flexibility index (Phi) is 4.77. The van der Waals surface area contributed by atoms with Gasteiger partial charge in [0.15, 0.2) is 0 Å². The lowest BCUT2D eigenvalue weighted by Gasteiger charge is -2.26. The van der Waals surface area contributed by atoms with Gasteiger partial charge in [0.2, 0.25) is 0 Å². The summed E-state index contributed by atoms with van der Waals surface area (Å²) in [6.07, 6.45) is 0. The average Bonchev–Trinajstić information content (AvgIpc) is 2.03. The smallest absolute Gasteiger partial charge is 0.328 e. The van der Waals surface area contributed by atoms with E-state index in [0.717, 1.165) is 4.90 Å². The molecule has 0 unspecified atom stereocenters. The maximum absolute atomic E-state index is 11.2. The van der Waals surface area contributed by atoms with Crippen LogP contribution < -0.4 is 0 Å². The van der Waals surface area contributed by atoms with E-state index < -0.39 is 17.4 Å². The van der Waals surface area contributed by atoms with Crippen LogP contribution >= 0.6 is 11.6 Å². The van der Waals surface area contributed by atoms with Crippen LogP contribution in [0.3, 0.4) is 0 Å². The number of carbonyl (C=O) groups is 2. The highest BCUT2D eigenvalue weighted by Crippen LogP contribution is 2.12. The van der Waals surface area contributed by atoms with Crippen molar-refractivity contribution in [2.24, 2.45) is 5.92 Å². The number of carbonyl (C=O) groups excluding carboxylic acids is 2. The zero-order valence-electron chi connectivity index (χ0n) is 8.20. The van der Waals surface area contributed by atoms with Gasteiger partial charge in [-0.15, -0.1) is 0 Å². The minimum absolute atomic E-state index is 0.0276. The van der Waals surface area contributed by atoms with Gasteiger partial charge in [-0.05, 0) is 17.5 Å². The Hall–Kier alpha value is -0.770. The van der Waals surface area contributed by atoms with Crippen molar-refractivity contribution in [1.29, 1.82) is 0 Å². The van der Waals surface area contributed by atoms with Gasteiger partial charge in [-0.2, -0.15) is 0 Å². The lowest BCUT2D eigenvalue weighted by Crippen LogP contribution is -2.44. The van der Waals surface area contributed by atoms with Crippen LogP contribution in [0.4, 0.5) is 4.79 Å². The molecule has 1 amide bonds. The number of hydrogen-bond donors (Lipinski definition) is 0. The zero-order chi connectivity index (χ0) is 10.6. The summed E-state index contributed by atoms with van der Waals surface area (Å²) in [4.78, 5) is 23.2. The molecule has 0 aromatic carbocycles. The van der Waals surface area contributed by atoms with Gasteiger partial charge >= 0.3 is 11.3 Å². The summed E-state index contributed by atoms with van der Waals surface area (Å²) in [5.74, 6) is -0.480. The maximum Gasteiger partial charge on any atom is 0.328 e. The van der Waals surface area contributed by atoms with Crippen LogP contribution in [-0.2, 0) is 9.53 Å². The third-order valence-corrected chi connectivity index (χ3v) is 2.04. The summed E-state index contributed by atoms with van der Waals surface area (Å²) < 4.78 is 4.55. The van der Waals surface area contributed by atoms with E-state index in [-0.39, 0.29) is 5.92 Å². The van der Waals surface area contributed by atoms with E-state index >= 15 is 0 Å². The van der Waals surface area contributed by atoms with E-state index in [1.165, 1.54) is 14.2 Å². The molecular formula is C8H14ClNO3. The van der Waals surface area contributed by atoms with Crippen LogP contribution in [0.2, 0.25) is 0 Å². The molecule has 0 aromatic rings. The van der Waals surface area contributed by atoms with Crippen molar-refractivity contribution in [3.05, 3.63) is 0 Å². The van der Waals surface area contributed by atoms with Crippen molar-refractivity contribution in [2.75, 3.05) is 14.2 Å². The molecule has 13 heavy (non-hydrogen) atoms. The molecule has 0 rings (SSSR count). The van der Waals surface area contributed by atoms with Crippen molar-refractivity contribution in [3.8, 4) is 0 Å². The first-order valence-electron chi connectivity index (χ1n) is 3.92. The Morgan fingerprint density at radius 3 is 2.08 bits per heavy atom. The number of halogens is 1. The fraction of sp³-hybridized carbons (Fsp3) is 0.750. The summed E-state index contributed by atoms with van der Waals surface area (Å²) >= 11 is 5.25. The molecule has 0 aliphatic heterocycles. The van der Waals surface area contributed by atoms with E-state index in [2.05, 4.69) is 4.74 Å². The van der Waals surface area contributed by atoms with Crippen LogP contribution in [0.5, 0.6) is 0 Å². The molecule has 0 bridgehead atoms. The first-order chi connectivity index (χ1) is 5.91. The molecule has 0 spiro atoms. The number of likely N-dealkylation sites (N-methyl/N-ethyl adjacent to an activating group) is 1. The number of rotatable bonds is 3. The first kappa shape index (κ1) is 12.2. The lowest BCUT2D eigenvalue weighted by molar-refractivity contribution is -0.146. The number of nitrogens with zero attached hydrogens (tertiary/aromatic N) is 1. The topological polar surface area (TPSA) is 46.6 Å². The maximum atomic E-state index is 11.2. The van der Waals surface area contributed by atoms with Gasteiger partial charge in [0.25, 0.3) is 0 Å². The first-order valence-corrected chi connectivity index (χ1v) is 4.29. The largest absolute Gasteiger partial charge is 0.467 e. The summed E-state index contributed by atoms with van der Waals surface area (Å²) in [7, 11) is 2.75. The van der Waals surface area contributed by atoms with Crippen LogP contribution in [0, 0.1) is 5.92 Å². The Morgan fingerprint density at radius 2 is 1.85 bits per heavy atom. The normalized spacial score (nSPS) is 12.5. The van der Waals surface area contributed by atoms with Gasteiger partial charge in [0.1, 0.15) is 6.04 Å². The second kappa shape index (κ2) is 5.07. The second-order valence-electron chi connectivity index (χ2n) is 3.08. The highest BCUT2D eigenvalue weighted by molar-refractivity contribution is 6.62. The molecule has 4 nitrogen and oxygen atoms in total. The molecule has 0 aliphatic rings. The molecule has 0 fully saturated rings. The van der Waals surface area contributed by atoms with Crippen LogP contribution in [-0.4, -0.2) is 36.4 Å². The van der Waals surface area contributed by atoms with E-state index in [1.54, 1.807) is 0 Å². The quantitative estimate of drug-likeness (QED) is 0.400. The molecule has 0 heterocycles. The van der Waals surface area contributed by atoms with E-state index in [1.807, 2.05) is 13.8 Å². The number of esters is 1. The average molecular weight is 208 g/mol. The number of hydrogen-bond acceptors (Lipinski definition) is 3. The van der Waals surface area contributed by atoms with Gasteiger partial charge in [-0.3, -0.25) is 4.79 Å². The molecule has 5 heteroatoms. The van der Waals surface area contributed by atoms with Crippen LogP contribution in [0.25, 0.3) is 0 Å². The summed E-state index contributed by atoms with van der Waals surface area (Å²) in [5, 5.41) is -0.663. The van der Waals surface area contributed by atoms with Crippen molar-refractivity contribution < 1.29 is 14.3 Å².